The van der Waals surface area contributed by atoms with Crippen molar-refractivity contribution in [1.82, 2.24) is 4.90 Å². The van der Waals surface area contributed by atoms with Crippen LogP contribution in [0.25, 0.3) is 0 Å². The standard InChI is InChI=1S/C17H34N2/c1-14-6-7-15(2)19(12-14)17(13-18)9-5-8-16(3,4)10-11-17/h14-15H,5-13,18H2,1-4H3. The number of hydrogen-bond donors (Lipinski definition) is 1. The van der Waals surface area contributed by atoms with Crippen LogP contribution in [0.2, 0.25) is 0 Å². The molecule has 2 rings (SSSR count). The van der Waals surface area contributed by atoms with Gasteiger partial charge in [-0.25, -0.2) is 0 Å². The Kier molecular flexibility index (Phi) is 4.62. The van der Waals surface area contributed by atoms with Gasteiger partial charge in [0.05, 0.1) is 0 Å². The van der Waals surface area contributed by atoms with E-state index >= 15 is 0 Å². The highest BCUT2D eigenvalue weighted by molar-refractivity contribution is 4.99. The lowest BCUT2D eigenvalue weighted by molar-refractivity contribution is -0.000995. The van der Waals surface area contributed by atoms with E-state index in [-0.39, 0.29) is 0 Å². The van der Waals surface area contributed by atoms with E-state index in [0.29, 0.717) is 11.0 Å². The van der Waals surface area contributed by atoms with Crippen LogP contribution in [0.4, 0.5) is 0 Å². The molecule has 1 aliphatic carbocycles. The van der Waals surface area contributed by atoms with Crippen LogP contribution in [0.3, 0.4) is 0 Å². The van der Waals surface area contributed by atoms with Gasteiger partial charge in [-0.1, -0.05) is 27.2 Å². The highest BCUT2D eigenvalue weighted by atomic mass is 15.2. The molecule has 0 radical (unpaired) electrons. The van der Waals surface area contributed by atoms with E-state index in [9.17, 15) is 0 Å². The van der Waals surface area contributed by atoms with Crippen LogP contribution in [-0.2, 0) is 0 Å². The first-order chi connectivity index (χ1) is 8.88. The molecule has 112 valence electrons. The van der Waals surface area contributed by atoms with E-state index < -0.39 is 0 Å². The highest BCUT2D eigenvalue weighted by Crippen LogP contribution is 2.42. The maximum absolute atomic E-state index is 6.29. The van der Waals surface area contributed by atoms with Gasteiger partial charge in [0.25, 0.3) is 0 Å². The molecule has 3 atom stereocenters. The fourth-order valence-electron chi connectivity index (χ4n) is 4.28. The lowest BCUT2D eigenvalue weighted by Gasteiger charge is -2.50. The predicted octanol–water partition coefficient (Wildman–Crippen LogP) is 3.79. The molecule has 0 aromatic carbocycles. The second kappa shape index (κ2) is 5.73. The zero-order chi connectivity index (χ0) is 14.1. The van der Waals surface area contributed by atoms with Gasteiger partial charge in [-0.15, -0.1) is 0 Å². The SMILES string of the molecule is CC1CCC(C)N(C2(CN)CCCC(C)(C)CC2)C1. The van der Waals surface area contributed by atoms with Gasteiger partial charge < -0.3 is 5.73 Å². The Morgan fingerprint density at radius 2 is 1.79 bits per heavy atom. The number of nitrogens with zero attached hydrogens (tertiary/aromatic N) is 1. The first-order valence-corrected chi connectivity index (χ1v) is 8.35. The van der Waals surface area contributed by atoms with Gasteiger partial charge in [0.2, 0.25) is 0 Å². The molecule has 1 saturated heterocycles. The van der Waals surface area contributed by atoms with Crippen LogP contribution in [-0.4, -0.2) is 29.6 Å². The van der Waals surface area contributed by atoms with Crippen molar-refractivity contribution in [3.8, 4) is 0 Å². The average Bonchev–Trinajstić information content (AvgIpc) is 2.52. The summed E-state index contributed by atoms with van der Waals surface area (Å²) in [5, 5.41) is 0. The maximum Gasteiger partial charge on any atom is 0.0334 e. The van der Waals surface area contributed by atoms with Crippen molar-refractivity contribution in [3.05, 3.63) is 0 Å². The van der Waals surface area contributed by atoms with Gasteiger partial charge in [-0.3, -0.25) is 4.90 Å². The second-order valence-electron chi connectivity index (χ2n) is 8.13. The van der Waals surface area contributed by atoms with Crippen LogP contribution in [0.15, 0.2) is 0 Å². The quantitative estimate of drug-likeness (QED) is 0.770. The van der Waals surface area contributed by atoms with Gasteiger partial charge >= 0.3 is 0 Å². The summed E-state index contributed by atoms with van der Waals surface area (Å²) in [6, 6.07) is 0.723. The minimum Gasteiger partial charge on any atom is -0.329 e. The molecule has 3 unspecified atom stereocenters. The first kappa shape index (κ1) is 15.3. The minimum absolute atomic E-state index is 0.294. The second-order valence-corrected chi connectivity index (χ2v) is 8.13. The lowest BCUT2D eigenvalue weighted by atomic mass is 9.80. The van der Waals surface area contributed by atoms with Gasteiger partial charge in [-0.05, 0) is 56.8 Å². The molecule has 1 heterocycles. The largest absolute Gasteiger partial charge is 0.329 e. The van der Waals surface area contributed by atoms with E-state index in [4.69, 9.17) is 5.73 Å². The Bertz CT molecular complexity index is 300. The summed E-state index contributed by atoms with van der Waals surface area (Å²) >= 11 is 0. The predicted molar refractivity (Wildman–Crippen MR) is 83.2 cm³/mol. The summed E-state index contributed by atoms with van der Waals surface area (Å²) in [4.78, 5) is 2.79. The van der Waals surface area contributed by atoms with Crippen LogP contribution < -0.4 is 5.73 Å². The molecule has 2 aliphatic rings. The van der Waals surface area contributed by atoms with Crippen LogP contribution in [0.1, 0.15) is 72.6 Å². The first-order valence-electron chi connectivity index (χ1n) is 8.35. The molecular weight excluding hydrogens is 232 g/mol. The fourth-order valence-corrected chi connectivity index (χ4v) is 4.28. The number of piperidine rings is 1. The molecular formula is C17H34N2. The highest BCUT2D eigenvalue weighted by Gasteiger charge is 2.42. The van der Waals surface area contributed by atoms with Gasteiger partial charge in [0, 0.05) is 24.7 Å². The molecule has 0 amide bonds. The van der Waals surface area contributed by atoms with E-state index in [0.717, 1.165) is 18.5 Å². The molecule has 1 aliphatic heterocycles. The third-order valence-electron chi connectivity index (χ3n) is 5.87. The molecule has 0 aromatic rings. The third-order valence-corrected chi connectivity index (χ3v) is 5.87. The van der Waals surface area contributed by atoms with Crippen molar-refractivity contribution < 1.29 is 0 Å². The molecule has 1 saturated carbocycles. The fraction of sp³-hybridized carbons (Fsp3) is 1.00. The Labute approximate surface area is 120 Å². The van der Waals surface area contributed by atoms with Gasteiger partial charge in [-0.2, -0.15) is 0 Å². The van der Waals surface area contributed by atoms with E-state index in [2.05, 4.69) is 32.6 Å². The zero-order valence-corrected chi connectivity index (χ0v) is 13.5. The minimum atomic E-state index is 0.294. The number of hydrogen-bond acceptors (Lipinski definition) is 2. The van der Waals surface area contributed by atoms with Gasteiger partial charge in [0.15, 0.2) is 0 Å². The summed E-state index contributed by atoms with van der Waals surface area (Å²) in [5.41, 5.74) is 7.10. The summed E-state index contributed by atoms with van der Waals surface area (Å²) in [5.74, 6) is 0.843. The summed E-state index contributed by atoms with van der Waals surface area (Å²) in [6.07, 6.45) is 9.41. The normalized spacial score (nSPS) is 40.9. The van der Waals surface area contributed by atoms with Gasteiger partial charge in [0.1, 0.15) is 0 Å². The summed E-state index contributed by atoms with van der Waals surface area (Å²) in [6.45, 7) is 11.8. The van der Waals surface area contributed by atoms with Crippen LogP contribution in [0.5, 0.6) is 0 Å². The van der Waals surface area contributed by atoms with E-state index in [1.54, 1.807) is 0 Å². The Hall–Kier alpha value is -0.0800. The molecule has 19 heavy (non-hydrogen) atoms. The number of rotatable bonds is 2. The third kappa shape index (κ3) is 3.33. The number of likely N-dealkylation sites (tertiary alicyclic amines) is 1. The molecule has 2 nitrogen and oxygen atoms in total. The molecule has 0 bridgehead atoms. The lowest BCUT2D eigenvalue weighted by Crippen LogP contribution is -2.59. The topological polar surface area (TPSA) is 29.3 Å². The summed E-state index contributed by atoms with van der Waals surface area (Å²) < 4.78 is 0. The summed E-state index contributed by atoms with van der Waals surface area (Å²) in [7, 11) is 0. The van der Waals surface area contributed by atoms with Crippen LogP contribution in [0, 0.1) is 11.3 Å². The monoisotopic (exact) mass is 266 g/mol. The molecule has 0 aromatic heterocycles. The Morgan fingerprint density at radius 3 is 2.47 bits per heavy atom. The van der Waals surface area contributed by atoms with Crippen molar-refractivity contribution in [2.75, 3.05) is 13.1 Å². The molecule has 2 fully saturated rings. The molecule has 2 heteroatoms. The number of nitrogens with two attached hydrogens (primary N) is 1. The van der Waals surface area contributed by atoms with E-state index in [1.165, 1.54) is 51.5 Å². The zero-order valence-electron chi connectivity index (χ0n) is 13.5. The van der Waals surface area contributed by atoms with Crippen molar-refractivity contribution in [3.63, 3.8) is 0 Å². The Balaban J connectivity index is 2.16. The smallest absolute Gasteiger partial charge is 0.0334 e. The van der Waals surface area contributed by atoms with E-state index in [1.807, 2.05) is 0 Å². The molecule has 0 spiro atoms. The Morgan fingerprint density at radius 1 is 1.05 bits per heavy atom. The van der Waals surface area contributed by atoms with Crippen molar-refractivity contribution in [2.45, 2.75) is 84.2 Å². The van der Waals surface area contributed by atoms with Crippen molar-refractivity contribution >= 4 is 0 Å². The average molecular weight is 266 g/mol. The molecule has 2 N–H and O–H groups in total. The van der Waals surface area contributed by atoms with Crippen molar-refractivity contribution in [1.29, 1.82) is 0 Å². The maximum atomic E-state index is 6.29. The van der Waals surface area contributed by atoms with Crippen LogP contribution >= 0.6 is 0 Å². The van der Waals surface area contributed by atoms with Crippen molar-refractivity contribution in [2.24, 2.45) is 17.1 Å².